The van der Waals surface area contributed by atoms with Crippen molar-refractivity contribution in [1.82, 2.24) is 19.9 Å². The van der Waals surface area contributed by atoms with E-state index in [2.05, 4.69) is 43.9 Å². The zero-order valence-electron chi connectivity index (χ0n) is 18.1. The third kappa shape index (κ3) is 4.04. The first-order valence-corrected chi connectivity index (χ1v) is 11.0. The van der Waals surface area contributed by atoms with Crippen molar-refractivity contribution in [2.24, 2.45) is 0 Å². The van der Waals surface area contributed by atoms with Crippen LogP contribution in [0.15, 0.2) is 59.5 Å². The predicted octanol–water partition coefficient (Wildman–Crippen LogP) is 3.22. The van der Waals surface area contributed by atoms with Crippen LogP contribution < -0.4 is 10.5 Å². The van der Waals surface area contributed by atoms with E-state index in [1.807, 2.05) is 36.4 Å². The van der Waals surface area contributed by atoms with E-state index in [9.17, 15) is 9.90 Å². The number of imidazole rings is 1. The van der Waals surface area contributed by atoms with Gasteiger partial charge in [-0.25, -0.2) is 4.98 Å². The van der Waals surface area contributed by atoms with Gasteiger partial charge >= 0.3 is 0 Å². The maximum Gasteiger partial charge on any atom is 0.259 e. The Balaban J connectivity index is 1.50. The number of aromatic nitrogens is 3. The molecule has 1 aliphatic rings. The summed E-state index contributed by atoms with van der Waals surface area (Å²) in [7, 11) is 2.17. The lowest BCUT2D eigenvalue weighted by molar-refractivity contribution is 0.282. The summed E-state index contributed by atoms with van der Waals surface area (Å²) in [5.41, 5.74) is 5.85. The third-order valence-corrected chi connectivity index (χ3v) is 6.15. The monoisotopic (exact) mass is 429 g/mol. The lowest BCUT2D eigenvalue weighted by Gasteiger charge is -2.22. The summed E-state index contributed by atoms with van der Waals surface area (Å²) in [4.78, 5) is 28.3. The summed E-state index contributed by atoms with van der Waals surface area (Å²) in [6.07, 6.45) is 2.84. The SMILES string of the molecule is CN1CCCN(c2ccc3nc(-c4cc(-c5cccc(CO)c5)c[nH]c4=O)[nH]c3c2)CC1. The zero-order chi connectivity index (χ0) is 22.1. The van der Waals surface area contributed by atoms with Crippen molar-refractivity contribution >= 4 is 16.7 Å². The molecule has 7 heteroatoms. The predicted molar refractivity (Wildman–Crippen MR) is 128 cm³/mol. The lowest BCUT2D eigenvalue weighted by Crippen LogP contribution is -2.28. The van der Waals surface area contributed by atoms with Crippen LogP contribution in [0.25, 0.3) is 33.5 Å². The summed E-state index contributed by atoms with van der Waals surface area (Å²) in [6.45, 7) is 4.17. The van der Waals surface area contributed by atoms with Gasteiger partial charge in [0.25, 0.3) is 5.56 Å². The van der Waals surface area contributed by atoms with Gasteiger partial charge in [0.15, 0.2) is 0 Å². The fourth-order valence-electron chi connectivity index (χ4n) is 4.30. The molecule has 5 rings (SSSR count). The van der Waals surface area contributed by atoms with Gasteiger partial charge < -0.3 is 24.9 Å². The Hall–Kier alpha value is -3.42. The molecule has 0 spiro atoms. The van der Waals surface area contributed by atoms with Crippen LogP contribution in [0, 0.1) is 0 Å². The molecular formula is C25H27N5O2. The van der Waals surface area contributed by atoms with Crippen LogP contribution in [-0.4, -0.2) is 58.2 Å². The van der Waals surface area contributed by atoms with E-state index >= 15 is 0 Å². The van der Waals surface area contributed by atoms with Crippen molar-refractivity contribution in [2.45, 2.75) is 13.0 Å². The van der Waals surface area contributed by atoms with Gasteiger partial charge in [0.2, 0.25) is 0 Å². The number of nitrogens with one attached hydrogen (secondary N) is 2. The second-order valence-electron chi connectivity index (χ2n) is 8.42. The number of pyridine rings is 1. The molecule has 0 radical (unpaired) electrons. The van der Waals surface area contributed by atoms with Crippen molar-refractivity contribution in [3.63, 3.8) is 0 Å². The van der Waals surface area contributed by atoms with Crippen LogP contribution in [0.2, 0.25) is 0 Å². The Kier molecular flexibility index (Phi) is 5.51. The lowest BCUT2D eigenvalue weighted by atomic mass is 10.0. The summed E-state index contributed by atoms with van der Waals surface area (Å²) in [5.74, 6) is 0.550. The van der Waals surface area contributed by atoms with Gasteiger partial charge in [-0.2, -0.15) is 0 Å². The number of benzene rings is 2. The highest BCUT2D eigenvalue weighted by molar-refractivity contribution is 5.83. The number of aromatic amines is 2. The molecule has 0 saturated carbocycles. The molecule has 1 aliphatic heterocycles. The van der Waals surface area contributed by atoms with Crippen molar-refractivity contribution in [3.05, 3.63) is 70.6 Å². The van der Waals surface area contributed by atoms with Crippen molar-refractivity contribution in [1.29, 1.82) is 0 Å². The number of aliphatic hydroxyl groups excluding tert-OH is 1. The van der Waals surface area contributed by atoms with Gasteiger partial charge in [0.1, 0.15) is 5.82 Å². The smallest absolute Gasteiger partial charge is 0.259 e. The number of nitrogens with zero attached hydrogens (tertiary/aromatic N) is 3. The molecule has 4 aromatic rings. The number of rotatable bonds is 4. The number of anilines is 1. The van der Waals surface area contributed by atoms with E-state index < -0.39 is 0 Å². The molecule has 2 aromatic heterocycles. The quantitative estimate of drug-likeness (QED) is 0.464. The first-order chi connectivity index (χ1) is 15.6. The van der Waals surface area contributed by atoms with Gasteiger partial charge in [-0.1, -0.05) is 18.2 Å². The topological polar surface area (TPSA) is 88.2 Å². The number of hydrogen-bond donors (Lipinski definition) is 3. The minimum absolute atomic E-state index is 0.0245. The van der Waals surface area contributed by atoms with E-state index in [0.717, 1.165) is 60.3 Å². The van der Waals surface area contributed by atoms with Crippen LogP contribution in [0.5, 0.6) is 0 Å². The van der Waals surface area contributed by atoms with E-state index in [-0.39, 0.29) is 12.2 Å². The molecule has 7 nitrogen and oxygen atoms in total. The fraction of sp³-hybridized carbons (Fsp3) is 0.280. The number of fused-ring (bicyclic) bond motifs is 1. The molecule has 0 bridgehead atoms. The average molecular weight is 430 g/mol. The highest BCUT2D eigenvalue weighted by atomic mass is 16.3. The third-order valence-electron chi connectivity index (χ3n) is 6.15. The summed E-state index contributed by atoms with van der Waals surface area (Å²) >= 11 is 0. The molecule has 0 aliphatic carbocycles. The molecule has 3 heterocycles. The van der Waals surface area contributed by atoms with Crippen molar-refractivity contribution < 1.29 is 5.11 Å². The Morgan fingerprint density at radius 1 is 1.03 bits per heavy atom. The van der Waals surface area contributed by atoms with E-state index in [1.165, 1.54) is 5.69 Å². The van der Waals surface area contributed by atoms with E-state index in [4.69, 9.17) is 0 Å². The first kappa shape index (κ1) is 20.5. The van der Waals surface area contributed by atoms with Gasteiger partial charge in [0.05, 0.1) is 23.2 Å². The standard InChI is InChI=1S/C25H27N5O2/c1-29-8-3-9-30(11-10-29)20-6-7-22-23(14-20)28-24(27-22)21-13-19(15-26-25(21)32)18-5-2-4-17(12-18)16-31/h2,4-7,12-15,31H,3,8-11,16H2,1H3,(H,26,32)(H,27,28). The van der Waals surface area contributed by atoms with Crippen LogP contribution in [-0.2, 0) is 6.61 Å². The van der Waals surface area contributed by atoms with Crippen LogP contribution >= 0.6 is 0 Å². The maximum absolute atomic E-state index is 12.6. The largest absolute Gasteiger partial charge is 0.392 e. The maximum atomic E-state index is 12.6. The van der Waals surface area contributed by atoms with E-state index in [0.29, 0.717) is 11.4 Å². The Morgan fingerprint density at radius 3 is 2.81 bits per heavy atom. The van der Waals surface area contributed by atoms with Crippen LogP contribution in [0.4, 0.5) is 5.69 Å². The highest BCUT2D eigenvalue weighted by Gasteiger charge is 2.15. The fourth-order valence-corrected chi connectivity index (χ4v) is 4.30. The number of H-pyrrole nitrogens is 2. The normalized spacial score (nSPS) is 15.2. The van der Waals surface area contributed by atoms with Gasteiger partial charge in [-0.05, 0) is 67.0 Å². The molecule has 1 saturated heterocycles. The number of aliphatic hydroxyl groups is 1. The highest BCUT2D eigenvalue weighted by Crippen LogP contribution is 2.26. The van der Waals surface area contributed by atoms with Crippen molar-refractivity contribution in [3.8, 4) is 22.5 Å². The van der Waals surface area contributed by atoms with Gasteiger partial charge in [0, 0.05) is 31.5 Å². The minimum atomic E-state index is -0.193. The molecule has 164 valence electrons. The molecule has 3 N–H and O–H groups in total. The summed E-state index contributed by atoms with van der Waals surface area (Å²) < 4.78 is 0. The average Bonchev–Trinajstić information content (AvgIpc) is 3.12. The van der Waals surface area contributed by atoms with Gasteiger partial charge in [-0.15, -0.1) is 0 Å². The molecular weight excluding hydrogens is 402 g/mol. The molecule has 1 fully saturated rings. The minimum Gasteiger partial charge on any atom is -0.392 e. The van der Waals surface area contributed by atoms with Crippen molar-refractivity contribution in [2.75, 3.05) is 38.1 Å². The van der Waals surface area contributed by atoms with Gasteiger partial charge in [-0.3, -0.25) is 4.79 Å². The second-order valence-corrected chi connectivity index (χ2v) is 8.42. The Bertz CT molecular complexity index is 1310. The van der Waals surface area contributed by atoms with Crippen LogP contribution in [0.1, 0.15) is 12.0 Å². The molecule has 0 atom stereocenters. The summed E-state index contributed by atoms with van der Waals surface area (Å²) in [6, 6.07) is 15.7. The molecule has 0 unspecified atom stereocenters. The number of likely N-dealkylation sites (N-methyl/N-ethyl adjacent to an activating group) is 1. The van der Waals surface area contributed by atoms with Crippen LogP contribution in [0.3, 0.4) is 0 Å². The second kappa shape index (κ2) is 8.61. The zero-order valence-corrected chi connectivity index (χ0v) is 18.1. The van der Waals surface area contributed by atoms with E-state index in [1.54, 1.807) is 6.20 Å². The molecule has 2 aromatic carbocycles. The first-order valence-electron chi connectivity index (χ1n) is 11.0. The molecule has 32 heavy (non-hydrogen) atoms. The summed E-state index contributed by atoms with van der Waals surface area (Å²) in [5, 5.41) is 9.43. The Morgan fingerprint density at radius 2 is 1.94 bits per heavy atom. The molecule has 0 amide bonds. The number of hydrogen-bond acceptors (Lipinski definition) is 5. The Labute approximate surface area is 186 Å².